The molecule has 4 nitrogen and oxygen atoms in total. The minimum atomic E-state index is -0.413. The molecule has 0 spiro atoms. The first-order chi connectivity index (χ1) is 8.60. The molecule has 1 heterocycles. The predicted octanol–water partition coefficient (Wildman–Crippen LogP) is 2.27. The van der Waals surface area contributed by atoms with Gasteiger partial charge in [0, 0.05) is 11.6 Å². The van der Waals surface area contributed by atoms with Crippen LogP contribution in [0.5, 0.6) is 0 Å². The van der Waals surface area contributed by atoms with Crippen molar-refractivity contribution in [1.82, 2.24) is 0 Å². The van der Waals surface area contributed by atoms with Gasteiger partial charge in [0.1, 0.15) is 24.6 Å². The lowest BCUT2D eigenvalue weighted by Gasteiger charge is -2.20. The van der Waals surface area contributed by atoms with Crippen molar-refractivity contribution in [2.75, 3.05) is 13.2 Å². The summed E-state index contributed by atoms with van der Waals surface area (Å²) >= 11 is 5.84. The van der Waals surface area contributed by atoms with Crippen LogP contribution in [0.3, 0.4) is 0 Å². The molecule has 1 aliphatic heterocycles. The molecule has 0 bridgehead atoms. The highest BCUT2D eigenvalue weighted by Gasteiger charge is 2.29. The lowest BCUT2D eigenvalue weighted by molar-refractivity contribution is 0.0372. The van der Waals surface area contributed by atoms with Crippen LogP contribution in [0.15, 0.2) is 23.2 Å². The number of nitrogens with two attached hydrogens (primary N) is 1. The summed E-state index contributed by atoms with van der Waals surface area (Å²) in [5, 5.41) is 0.325. The number of amidine groups is 1. The van der Waals surface area contributed by atoms with Crippen molar-refractivity contribution in [2.24, 2.45) is 10.7 Å². The van der Waals surface area contributed by atoms with Gasteiger partial charge in [-0.15, -0.1) is 0 Å². The number of nitrogens with zero attached hydrogens (tertiary/aromatic N) is 1. The Morgan fingerprint density at radius 1 is 1.61 bits per heavy atom. The molecule has 2 N–H and O–H groups in total. The van der Waals surface area contributed by atoms with Crippen LogP contribution in [0.2, 0.25) is 5.02 Å². The molecule has 0 saturated carbocycles. The third kappa shape index (κ3) is 2.91. The largest absolute Gasteiger partial charge is 0.463 e. The molecular formula is C12H14ClFN2O2. The molecule has 1 unspecified atom stereocenters. The molecule has 0 aromatic heterocycles. The van der Waals surface area contributed by atoms with E-state index < -0.39 is 11.9 Å². The third-order valence-corrected chi connectivity index (χ3v) is 2.82. The van der Waals surface area contributed by atoms with E-state index in [2.05, 4.69) is 4.99 Å². The molecule has 98 valence electrons. The van der Waals surface area contributed by atoms with Crippen LogP contribution in [0.1, 0.15) is 18.6 Å². The van der Waals surface area contributed by atoms with Crippen molar-refractivity contribution in [1.29, 1.82) is 0 Å². The molecule has 0 amide bonds. The number of hydrogen-bond donors (Lipinski definition) is 1. The Morgan fingerprint density at radius 2 is 2.39 bits per heavy atom. The molecule has 1 aromatic rings. The van der Waals surface area contributed by atoms with Crippen LogP contribution in [0.4, 0.5) is 4.39 Å². The summed E-state index contributed by atoms with van der Waals surface area (Å²) in [6, 6.07) is 4.15. The number of rotatable bonds is 4. The van der Waals surface area contributed by atoms with Gasteiger partial charge < -0.3 is 15.2 Å². The Morgan fingerprint density at radius 3 is 2.94 bits per heavy atom. The number of benzene rings is 1. The average Bonchev–Trinajstić information content (AvgIpc) is 2.71. The van der Waals surface area contributed by atoms with E-state index >= 15 is 0 Å². The first-order valence-corrected chi connectivity index (χ1v) is 6.01. The van der Waals surface area contributed by atoms with Crippen LogP contribution < -0.4 is 5.73 Å². The van der Waals surface area contributed by atoms with E-state index in [1.54, 1.807) is 6.07 Å². The fourth-order valence-corrected chi connectivity index (χ4v) is 2.14. The SMILES string of the molecule is CCOC(c1cc(F)cc(Cl)c1)[C@@H]1COC(N)=N1. The highest BCUT2D eigenvalue weighted by atomic mass is 35.5. The van der Waals surface area contributed by atoms with E-state index in [1.165, 1.54) is 12.1 Å². The minimum Gasteiger partial charge on any atom is -0.463 e. The standard InChI is InChI=1S/C12H14ClFN2O2/c1-2-17-11(10-6-18-12(15)16-10)7-3-8(13)5-9(14)4-7/h3-5,10-11H,2,6H2,1H3,(H2,15,16)/t10-,11?/m0/s1. The Kier molecular flexibility index (Phi) is 4.04. The van der Waals surface area contributed by atoms with Crippen LogP contribution in [0.25, 0.3) is 0 Å². The van der Waals surface area contributed by atoms with Gasteiger partial charge in [-0.25, -0.2) is 9.38 Å². The molecule has 2 rings (SSSR count). The van der Waals surface area contributed by atoms with E-state index in [1.807, 2.05) is 6.92 Å². The van der Waals surface area contributed by atoms with E-state index in [4.69, 9.17) is 26.8 Å². The quantitative estimate of drug-likeness (QED) is 0.915. The van der Waals surface area contributed by atoms with Crippen molar-refractivity contribution in [3.8, 4) is 0 Å². The molecular weight excluding hydrogens is 259 g/mol. The van der Waals surface area contributed by atoms with Gasteiger partial charge in [0.15, 0.2) is 0 Å². The zero-order valence-electron chi connectivity index (χ0n) is 9.90. The van der Waals surface area contributed by atoms with Crippen molar-refractivity contribution in [2.45, 2.75) is 19.1 Å². The minimum absolute atomic E-state index is 0.132. The smallest absolute Gasteiger partial charge is 0.282 e. The fourth-order valence-electron chi connectivity index (χ4n) is 1.91. The second-order valence-electron chi connectivity index (χ2n) is 3.92. The Labute approximate surface area is 110 Å². The number of halogens is 2. The van der Waals surface area contributed by atoms with Crippen molar-refractivity contribution in [3.63, 3.8) is 0 Å². The zero-order chi connectivity index (χ0) is 13.1. The van der Waals surface area contributed by atoms with Gasteiger partial charge >= 0.3 is 0 Å². The summed E-state index contributed by atoms with van der Waals surface area (Å²) in [4.78, 5) is 4.12. The molecule has 1 aliphatic rings. The molecule has 0 saturated heterocycles. The van der Waals surface area contributed by atoms with Gasteiger partial charge in [-0.1, -0.05) is 11.6 Å². The Bertz CT molecular complexity index is 447. The third-order valence-electron chi connectivity index (χ3n) is 2.60. The number of aliphatic imine (C=N–C) groups is 1. The predicted molar refractivity (Wildman–Crippen MR) is 67.1 cm³/mol. The van der Waals surface area contributed by atoms with E-state index in [0.29, 0.717) is 23.8 Å². The molecule has 6 heteroatoms. The maximum atomic E-state index is 13.4. The van der Waals surface area contributed by atoms with Crippen LogP contribution in [0, 0.1) is 5.82 Å². The van der Waals surface area contributed by atoms with E-state index in [-0.39, 0.29) is 12.1 Å². The summed E-state index contributed by atoms with van der Waals surface area (Å²) < 4.78 is 24.1. The average molecular weight is 273 g/mol. The van der Waals surface area contributed by atoms with Gasteiger partial charge in [-0.2, -0.15) is 0 Å². The first kappa shape index (κ1) is 13.1. The van der Waals surface area contributed by atoms with E-state index in [0.717, 1.165) is 0 Å². The number of hydrogen-bond acceptors (Lipinski definition) is 4. The topological polar surface area (TPSA) is 56.8 Å². The molecule has 0 aliphatic carbocycles. The fraction of sp³-hybridized carbons (Fsp3) is 0.417. The van der Waals surface area contributed by atoms with Crippen molar-refractivity contribution in [3.05, 3.63) is 34.6 Å². The molecule has 18 heavy (non-hydrogen) atoms. The normalized spacial score (nSPS) is 20.4. The summed E-state index contributed by atoms with van der Waals surface area (Å²) in [5.74, 6) is -0.405. The molecule has 1 aromatic carbocycles. The van der Waals surface area contributed by atoms with Crippen LogP contribution in [-0.4, -0.2) is 25.3 Å². The monoisotopic (exact) mass is 272 g/mol. The lowest BCUT2D eigenvalue weighted by Crippen LogP contribution is -2.21. The Hall–Kier alpha value is -1.33. The molecule has 0 fully saturated rings. The maximum absolute atomic E-state index is 13.4. The highest BCUT2D eigenvalue weighted by Crippen LogP contribution is 2.28. The maximum Gasteiger partial charge on any atom is 0.282 e. The highest BCUT2D eigenvalue weighted by molar-refractivity contribution is 6.30. The summed E-state index contributed by atoms with van der Waals surface area (Å²) in [6.07, 6.45) is -0.413. The van der Waals surface area contributed by atoms with E-state index in [9.17, 15) is 4.39 Å². The van der Waals surface area contributed by atoms with Crippen LogP contribution >= 0.6 is 11.6 Å². The van der Waals surface area contributed by atoms with Gasteiger partial charge in [-0.3, -0.25) is 0 Å². The molecule has 2 atom stereocenters. The van der Waals surface area contributed by atoms with Gasteiger partial charge in [0.25, 0.3) is 6.02 Å². The summed E-state index contributed by atoms with van der Waals surface area (Å²) in [7, 11) is 0. The molecule has 0 radical (unpaired) electrons. The summed E-state index contributed by atoms with van der Waals surface area (Å²) in [5.41, 5.74) is 6.10. The lowest BCUT2D eigenvalue weighted by atomic mass is 10.0. The van der Waals surface area contributed by atoms with Crippen LogP contribution in [-0.2, 0) is 9.47 Å². The van der Waals surface area contributed by atoms with Crippen molar-refractivity contribution < 1.29 is 13.9 Å². The second kappa shape index (κ2) is 5.54. The first-order valence-electron chi connectivity index (χ1n) is 5.64. The zero-order valence-corrected chi connectivity index (χ0v) is 10.7. The van der Waals surface area contributed by atoms with Gasteiger partial charge in [0.2, 0.25) is 0 Å². The van der Waals surface area contributed by atoms with Gasteiger partial charge in [0.05, 0.1) is 0 Å². The number of ether oxygens (including phenoxy) is 2. The Balaban J connectivity index is 2.29. The summed E-state index contributed by atoms with van der Waals surface area (Å²) in [6.45, 7) is 2.66. The van der Waals surface area contributed by atoms with Gasteiger partial charge in [-0.05, 0) is 30.7 Å². The van der Waals surface area contributed by atoms with Crippen molar-refractivity contribution >= 4 is 17.6 Å². The second-order valence-corrected chi connectivity index (χ2v) is 4.36.